The van der Waals surface area contributed by atoms with Crippen molar-refractivity contribution in [2.24, 2.45) is 11.8 Å². The highest BCUT2D eigenvalue weighted by molar-refractivity contribution is 8.88. The monoisotopic (exact) mass is 260 g/mol. The summed E-state index contributed by atoms with van der Waals surface area (Å²) in [7, 11) is 6.03. The van der Waals surface area contributed by atoms with Crippen LogP contribution >= 0.6 is 29.1 Å². The molecule has 2 aliphatic rings. The summed E-state index contributed by atoms with van der Waals surface area (Å²) in [5.74, 6) is 3.47. The standard InChI is InChI=1S/C10H18BOPS2/c1-7-8(2)10(12-9(7)11)4-5-14-13(3)15-6-10/h7-9H,4-6H2,1-3H3/t7-,8?,9+,10+,13?/m0/s1. The highest BCUT2D eigenvalue weighted by atomic mass is 33.1. The van der Waals surface area contributed by atoms with Gasteiger partial charge in [-0.1, -0.05) is 13.8 Å². The zero-order valence-electron chi connectivity index (χ0n) is 9.60. The van der Waals surface area contributed by atoms with Gasteiger partial charge in [-0.25, -0.2) is 0 Å². The Morgan fingerprint density at radius 1 is 1.40 bits per heavy atom. The van der Waals surface area contributed by atoms with Crippen LogP contribution < -0.4 is 0 Å². The average molecular weight is 260 g/mol. The molecule has 5 atom stereocenters. The van der Waals surface area contributed by atoms with Gasteiger partial charge in [0.25, 0.3) is 0 Å². The van der Waals surface area contributed by atoms with E-state index in [1.54, 1.807) is 0 Å². The molecule has 5 heteroatoms. The topological polar surface area (TPSA) is 9.23 Å². The molecule has 0 aromatic heterocycles. The quantitative estimate of drug-likeness (QED) is 0.488. The molecule has 15 heavy (non-hydrogen) atoms. The van der Waals surface area contributed by atoms with Crippen molar-refractivity contribution in [3.05, 3.63) is 0 Å². The summed E-state index contributed by atoms with van der Waals surface area (Å²) in [5.41, 5.74) is 0.0730. The average Bonchev–Trinajstić information content (AvgIpc) is 2.39. The lowest BCUT2D eigenvalue weighted by Gasteiger charge is -2.32. The minimum absolute atomic E-state index is 0.0493. The van der Waals surface area contributed by atoms with Crippen LogP contribution in [0.15, 0.2) is 0 Å². The first-order valence-corrected chi connectivity index (χ1v) is 10.5. The van der Waals surface area contributed by atoms with Crippen molar-refractivity contribution in [1.82, 2.24) is 0 Å². The van der Waals surface area contributed by atoms with Crippen LogP contribution in [0.4, 0.5) is 0 Å². The molecule has 2 unspecified atom stereocenters. The van der Waals surface area contributed by atoms with Gasteiger partial charge < -0.3 is 4.74 Å². The SMILES string of the molecule is [B][C@@H]1O[C@@]2(CCSP(C)SC2)C(C)[C@@H]1C. The molecule has 2 rings (SSSR count). The Morgan fingerprint density at radius 2 is 2.13 bits per heavy atom. The van der Waals surface area contributed by atoms with Crippen LogP contribution in [0.2, 0.25) is 0 Å². The fourth-order valence-electron chi connectivity index (χ4n) is 2.36. The summed E-state index contributed by atoms with van der Waals surface area (Å²) in [6, 6.07) is -0.0493. The molecule has 2 saturated heterocycles. The van der Waals surface area contributed by atoms with Gasteiger partial charge in [0.2, 0.25) is 0 Å². The van der Waals surface area contributed by atoms with Gasteiger partial charge in [-0.3, -0.25) is 0 Å². The van der Waals surface area contributed by atoms with Gasteiger partial charge in [0.15, 0.2) is 0 Å². The summed E-state index contributed by atoms with van der Waals surface area (Å²) >= 11 is 4.20. The van der Waals surface area contributed by atoms with Crippen LogP contribution in [-0.2, 0) is 4.74 Å². The highest BCUT2D eigenvalue weighted by Crippen LogP contribution is 2.63. The minimum Gasteiger partial charge on any atom is -0.380 e. The summed E-state index contributed by atoms with van der Waals surface area (Å²) < 4.78 is 6.10. The molecular formula is C10H18BOPS2. The van der Waals surface area contributed by atoms with E-state index in [0.717, 1.165) is 5.75 Å². The number of hydrogen-bond acceptors (Lipinski definition) is 3. The fraction of sp³-hybridized carbons (Fsp3) is 1.00. The predicted molar refractivity (Wildman–Crippen MR) is 74.1 cm³/mol. The van der Waals surface area contributed by atoms with Crippen LogP contribution in [0.3, 0.4) is 0 Å². The van der Waals surface area contributed by atoms with Crippen molar-refractivity contribution in [2.45, 2.75) is 31.9 Å². The first kappa shape index (κ1) is 12.6. The number of ether oxygens (including phenoxy) is 1. The second kappa shape index (κ2) is 4.80. The highest BCUT2D eigenvalue weighted by Gasteiger charge is 2.49. The molecule has 2 heterocycles. The maximum atomic E-state index is 6.10. The molecule has 0 aromatic rings. The molecule has 2 aliphatic heterocycles. The molecule has 0 N–H and O–H groups in total. The molecule has 0 aromatic carbocycles. The van der Waals surface area contributed by atoms with E-state index in [1.165, 1.54) is 12.2 Å². The van der Waals surface area contributed by atoms with E-state index < -0.39 is 0 Å². The lowest BCUT2D eigenvalue weighted by atomic mass is 9.77. The summed E-state index contributed by atoms with van der Waals surface area (Å²) in [4.78, 5) is 0. The maximum absolute atomic E-state index is 6.10. The molecule has 2 radical (unpaired) electrons. The third-order valence-electron chi connectivity index (χ3n) is 3.80. The van der Waals surface area contributed by atoms with Crippen molar-refractivity contribution in [3.63, 3.8) is 0 Å². The van der Waals surface area contributed by atoms with Gasteiger partial charge >= 0.3 is 0 Å². The van der Waals surface area contributed by atoms with Crippen LogP contribution in [0.1, 0.15) is 20.3 Å². The zero-order valence-corrected chi connectivity index (χ0v) is 12.1. The van der Waals surface area contributed by atoms with Crippen LogP contribution in [-0.4, -0.2) is 37.6 Å². The molecule has 0 aliphatic carbocycles. The number of hydrogen-bond donors (Lipinski definition) is 0. The molecule has 2 fully saturated rings. The van der Waals surface area contributed by atoms with Crippen molar-refractivity contribution < 1.29 is 4.74 Å². The van der Waals surface area contributed by atoms with E-state index in [1.807, 2.05) is 0 Å². The van der Waals surface area contributed by atoms with Crippen LogP contribution in [0.25, 0.3) is 0 Å². The van der Waals surface area contributed by atoms with Gasteiger partial charge in [0.05, 0.1) is 5.60 Å². The maximum Gasteiger partial charge on any atom is 0.109 e. The summed E-state index contributed by atoms with van der Waals surface area (Å²) in [6.07, 6.45) is 1.28. The Labute approximate surface area is 104 Å². The number of rotatable bonds is 0. The normalized spacial score (nSPS) is 51.9. The summed E-state index contributed by atoms with van der Waals surface area (Å²) in [6.45, 7) is 6.89. The van der Waals surface area contributed by atoms with Gasteiger partial charge in [0.1, 0.15) is 7.85 Å². The Morgan fingerprint density at radius 3 is 2.73 bits per heavy atom. The predicted octanol–water partition coefficient (Wildman–Crippen LogP) is 3.33. The lowest BCUT2D eigenvalue weighted by molar-refractivity contribution is -0.0134. The van der Waals surface area contributed by atoms with Crippen molar-refractivity contribution in [2.75, 3.05) is 18.2 Å². The molecule has 0 saturated carbocycles. The Bertz CT molecular complexity index is 243. The van der Waals surface area contributed by atoms with E-state index in [0.29, 0.717) is 11.8 Å². The molecule has 84 valence electrons. The van der Waals surface area contributed by atoms with Crippen molar-refractivity contribution in [1.29, 1.82) is 0 Å². The minimum atomic E-state index is -0.0493. The van der Waals surface area contributed by atoms with Crippen molar-refractivity contribution in [3.8, 4) is 0 Å². The summed E-state index contributed by atoms with van der Waals surface area (Å²) in [5, 5.41) is 0. The first-order chi connectivity index (χ1) is 7.05. The van der Waals surface area contributed by atoms with E-state index in [4.69, 9.17) is 12.6 Å². The van der Waals surface area contributed by atoms with E-state index in [9.17, 15) is 0 Å². The first-order valence-electron chi connectivity index (χ1n) is 5.48. The van der Waals surface area contributed by atoms with Crippen LogP contribution in [0, 0.1) is 11.8 Å². The van der Waals surface area contributed by atoms with Gasteiger partial charge in [-0.2, -0.15) is 0 Å². The van der Waals surface area contributed by atoms with E-state index in [-0.39, 0.29) is 17.9 Å². The second-order valence-electron chi connectivity index (χ2n) is 4.59. The Hall–Kier alpha value is 1.15. The van der Waals surface area contributed by atoms with E-state index >= 15 is 0 Å². The van der Waals surface area contributed by atoms with Gasteiger partial charge in [0, 0.05) is 23.8 Å². The van der Waals surface area contributed by atoms with Crippen molar-refractivity contribution >= 4 is 36.9 Å². The molecular weight excluding hydrogens is 242 g/mol. The lowest BCUT2D eigenvalue weighted by Crippen LogP contribution is -2.38. The Kier molecular flexibility index (Phi) is 4.03. The smallest absolute Gasteiger partial charge is 0.109 e. The second-order valence-corrected chi connectivity index (χ2v) is 12.2. The zero-order chi connectivity index (χ0) is 11.1. The largest absolute Gasteiger partial charge is 0.380 e. The third kappa shape index (κ3) is 2.39. The molecule has 0 amide bonds. The molecule has 1 nitrogen and oxygen atoms in total. The molecule has 1 spiro atoms. The van der Waals surface area contributed by atoms with Gasteiger partial charge in [-0.15, -0.1) is 22.8 Å². The Balaban J connectivity index is 2.12. The van der Waals surface area contributed by atoms with Crippen LogP contribution in [0.5, 0.6) is 0 Å². The third-order valence-corrected chi connectivity index (χ3v) is 10.5. The van der Waals surface area contributed by atoms with E-state index in [2.05, 4.69) is 43.3 Å². The molecule has 0 bridgehead atoms. The fourth-order valence-corrected chi connectivity index (χ4v) is 8.29. The van der Waals surface area contributed by atoms with Gasteiger partial charge in [-0.05, 0) is 24.9 Å².